The number of carbonyl (C=O) groups excluding carboxylic acids is 1. The standard InChI is InChI=1S/C22H20F3N3O/c1-12-3-4-15(21(29)27-17-6-7-17)10-19(12)14-5-8-18-16(9-14)11-26-28-20(18)13(2)22(23,24)25/h3-5,8-11,13,17H,6-7H2,1-2H3,(H,27,29). The van der Waals surface area contributed by atoms with Gasteiger partial charge in [0.15, 0.2) is 0 Å². The van der Waals surface area contributed by atoms with Gasteiger partial charge >= 0.3 is 6.18 Å². The fraction of sp³-hybridized carbons (Fsp3) is 0.318. The van der Waals surface area contributed by atoms with E-state index < -0.39 is 12.1 Å². The number of aryl methyl sites for hydroxylation is 1. The van der Waals surface area contributed by atoms with Crippen molar-refractivity contribution in [3.63, 3.8) is 0 Å². The summed E-state index contributed by atoms with van der Waals surface area (Å²) in [5.74, 6) is -1.82. The van der Waals surface area contributed by atoms with E-state index in [1.54, 1.807) is 24.3 Å². The van der Waals surface area contributed by atoms with Crippen LogP contribution in [0.1, 0.15) is 47.3 Å². The molecule has 1 saturated carbocycles. The van der Waals surface area contributed by atoms with Gasteiger partial charge in [-0.2, -0.15) is 23.4 Å². The van der Waals surface area contributed by atoms with Gasteiger partial charge in [0.05, 0.1) is 17.8 Å². The molecule has 150 valence electrons. The summed E-state index contributed by atoms with van der Waals surface area (Å²) in [6.45, 7) is 3.02. The number of hydrogen-bond donors (Lipinski definition) is 1. The molecule has 4 rings (SSSR count). The quantitative estimate of drug-likeness (QED) is 0.659. The molecule has 3 aromatic rings. The van der Waals surface area contributed by atoms with Crippen molar-refractivity contribution in [3.8, 4) is 11.1 Å². The molecule has 2 aromatic carbocycles. The van der Waals surface area contributed by atoms with Crippen molar-refractivity contribution in [1.29, 1.82) is 0 Å². The molecule has 1 amide bonds. The van der Waals surface area contributed by atoms with Crippen molar-refractivity contribution in [2.24, 2.45) is 0 Å². The lowest BCUT2D eigenvalue weighted by Crippen LogP contribution is -2.25. The average molecular weight is 399 g/mol. The average Bonchev–Trinajstić information content (AvgIpc) is 3.50. The largest absolute Gasteiger partial charge is 0.397 e. The lowest BCUT2D eigenvalue weighted by atomic mass is 9.94. The molecule has 1 aliphatic rings. The van der Waals surface area contributed by atoms with Crippen LogP contribution in [-0.4, -0.2) is 28.3 Å². The van der Waals surface area contributed by atoms with Crippen LogP contribution < -0.4 is 5.32 Å². The molecular weight excluding hydrogens is 379 g/mol. The van der Waals surface area contributed by atoms with Crippen LogP contribution >= 0.6 is 0 Å². The third-order valence-corrected chi connectivity index (χ3v) is 5.31. The van der Waals surface area contributed by atoms with Crippen LogP contribution in [0.4, 0.5) is 13.2 Å². The molecule has 0 spiro atoms. The molecule has 1 aromatic heterocycles. The van der Waals surface area contributed by atoms with Crippen molar-refractivity contribution in [3.05, 3.63) is 59.4 Å². The highest BCUT2D eigenvalue weighted by Crippen LogP contribution is 2.37. The van der Waals surface area contributed by atoms with Gasteiger partial charge in [0, 0.05) is 22.4 Å². The second kappa shape index (κ2) is 7.13. The Morgan fingerprint density at radius 1 is 1.17 bits per heavy atom. The van der Waals surface area contributed by atoms with E-state index in [2.05, 4.69) is 15.5 Å². The van der Waals surface area contributed by atoms with E-state index in [-0.39, 0.29) is 17.6 Å². The Hall–Kier alpha value is -2.96. The summed E-state index contributed by atoms with van der Waals surface area (Å²) in [5, 5.41) is 11.5. The van der Waals surface area contributed by atoms with E-state index in [9.17, 15) is 18.0 Å². The highest BCUT2D eigenvalue weighted by atomic mass is 19.4. The first kappa shape index (κ1) is 19.4. The molecule has 29 heavy (non-hydrogen) atoms. The number of amides is 1. The van der Waals surface area contributed by atoms with E-state index in [1.165, 1.54) is 6.20 Å². The number of nitrogens with one attached hydrogen (secondary N) is 1. The number of fused-ring (bicyclic) bond motifs is 1. The molecule has 0 aliphatic heterocycles. The lowest BCUT2D eigenvalue weighted by molar-refractivity contribution is -0.146. The summed E-state index contributed by atoms with van der Waals surface area (Å²) in [6, 6.07) is 11.0. The summed E-state index contributed by atoms with van der Waals surface area (Å²) in [4.78, 5) is 12.4. The second-order valence-electron chi connectivity index (χ2n) is 7.57. The normalized spacial score (nSPS) is 15.3. The van der Waals surface area contributed by atoms with Crippen molar-refractivity contribution in [1.82, 2.24) is 15.5 Å². The Morgan fingerprint density at radius 3 is 2.62 bits per heavy atom. The van der Waals surface area contributed by atoms with E-state index in [0.717, 1.165) is 36.5 Å². The highest BCUT2D eigenvalue weighted by Gasteiger charge is 2.39. The van der Waals surface area contributed by atoms with Gasteiger partial charge in [-0.05, 0) is 61.6 Å². The number of nitrogens with zero attached hydrogens (tertiary/aromatic N) is 2. The zero-order valence-corrected chi connectivity index (χ0v) is 16.0. The predicted molar refractivity (Wildman–Crippen MR) is 105 cm³/mol. The van der Waals surface area contributed by atoms with Gasteiger partial charge in [-0.3, -0.25) is 4.79 Å². The molecular formula is C22H20F3N3O. The lowest BCUT2D eigenvalue weighted by Gasteiger charge is -2.16. The molecule has 0 bridgehead atoms. The SMILES string of the molecule is Cc1ccc(C(=O)NC2CC2)cc1-c1ccc2c(C(C)C(F)(F)F)nncc2c1. The van der Waals surface area contributed by atoms with Gasteiger partial charge in [-0.15, -0.1) is 0 Å². The maximum Gasteiger partial charge on any atom is 0.397 e. The fourth-order valence-corrected chi connectivity index (χ4v) is 3.32. The molecule has 4 nitrogen and oxygen atoms in total. The number of carbonyl (C=O) groups is 1. The molecule has 1 aliphatic carbocycles. The molecule has 7 heteroatoms. The topological polar surface area (TPSA) is 54.9 Å². The molecule has 1 N–H and O–H groups in total. The smallest absolute Gasteiger partial charge is 0.349 e. The van der Waals surface area contributed by atoms with Crippen LogP contribution in [0.15, 0.2) is 42.6 Å². The highest BCUT2D eigenvalue weighted by molar-refractivity contribution is 5.97. The minimum Gasteiger partial charge on any atom is -0.349 e. The van der Waals surface area contributed by atoms with E-state index in [0.29, 0.717) is 16.3 Å². The van der Waals surface area contributed by atoms with Crippen molar-refractivity contribution < 1.29 is 18.0 Å². The number of alkyl halides is 3. The fourth-order valence-electron chi connectivity index (χ4n) is 3.32. The Balaban J connectivity index is 1.74. The zero-order chi connectivity index (χ0) is 20.8. The third-order valence-electron chi connectivity index (χ3n) is 5.31. The van der Waals surface area contributed by atoms with Crippen molar-refractivity contribution in [2.75, 3.05) is 0 Å². The Labute approximate surface area is 166 Å². The minimum absolute atomic E-state index is 0.0872. The Bertz CT molecular complexity index is 1090. The number of benzene rings is 2. The van der Waals surface area contributed by atoms with Crippen LogP contribution in [0.2, 0.25) is 0 Å². The van der Waals surface area contributed by atoms with Gasteiger partial charge < -0.3 is 5.32 Å². The third kappa shape index (κ3) is 3.95. The van der Waals surface area contributed by atoms with Crippen molar-refractivity contribution in [2.45, 2.75) is 44.8 Å². The number of hydrogen-bond acceptors (Lipinski definition) is 3. The minimum atomic E-state index is -4.39. The van der Waals surface area contributed by atoms with Crippen molar-refractivity contribution >= 4 is 16.7 Å². The Morgan fingerprint density at radius 2 is 1.93 bits per heavy atom. The van der Waals surface area contributed by atoms with Gasteiger partial charge in [0.1, 0.15) is 0 Å². The van der Waals surface area contributed by atoms with E-state index >= 15 is 0 Å². The van der Waals surface area contributed by atoms with Crippen LogP contribution in [0.3, 0.4) is 0 Å². The van der Waals surface area contributed by atoms with Gasteiger partial charge in [-0.25, -0.2) is 0 Å². The predicted octanol–water partition coefficient (Wildman–Crippen LogP) is 5.16. The zero-order valence-electron chi connectivity index (χ0n) is 16.0. The van der Waals surface area contributed by atoms with Crippen LogP contribution in [0.25, 0.3) is 21.9 Å². The summed E-state index contributed by atoms with van der Waals surface area (Å²) in [5.41, 5.74) is 3.12. The molecule has 0 radical (unpaired) electrons. The van der Waals surface area contributed by atoms with Crippen LogP contribution in [0, 0.1) is 6.92 Å². The molecule has 1 unspecified atom stereocenters. The molecule has 1 heterocycles. The maximum atomic E-state index is 13.2. The van der Waals surface area contributed by atoms with Crippen LogP contribution in [0.5, 0.6) is 0 Å². The first-order chi connectivity index (χ1) is 13.7. The monoisotopic (exact) mass is 399 g/mol. The maximum absolute atomic E-state index is 13.2. The van der Waals surface area contributed by atoms with Gasteiger partial charge in [0.25, 0.3) is 5.91 Å². The second-order valence-corrected chi connectivity index (χ2v) is 7.57. The molecule has 1 fully saturated rings. The van der Waals surface area contributed by atoms with Gasteiger partial charge in [0.2, 0.25) is 0 Å². The summed E-state index contributed by atoms with van der Waals surface area (Å²) in [7, 11) is 0. The summed E-state index contributed by atoms with van der Waals surface area (Å²) >= 11 is 0. The first-order valence-electron chi connectivity index (χ1n) is 9.48. The number of rotatable bonds is 4. The van der Waals surface area contributed by atoms with Gasteiger partial charge in [-0.1, -0.05) is 18.2 Å². The Kier molecular flexibility index (Phi) is 4.76. The van der Waals surface area contributed by atoms with E-state index in [4.69, 9.17) is 0 Å². The molecule has 1 atom stereocenters. The summed E-state index contributed by atoms with van der Waals surface area (Å²) < 4.78 is 39.5. The number of halogens is 3. The van der Waals surface area contributed by atoms with Crippen LogP contribution in [-0.2, 0) is 0 Å². The first-order valence-corrected chi connectivity index (χ1v) is 9.48. The molecule has 0 saturated heterocycles. The van der Waals surface area contributed by atoms with E-state index in [1.807, 2.05) is 19.1 Å². The number of aromatic nitrogens is 2. The summed E-state index contributed by atoms with van der Waals surface area (Å²) in [6.07, 6.45) is -0.907.